The largest absolute Gasteiger partial charge is 0.443 e. The standard InChI is InChI=1S/C19H32F3N5O.HI/c1-18(2,3)15-11-25-16(28-15)12-26-17(23-4)24-8-5-14-6-9-27(10-7-14)13-19(20,21)22;/h11,14H,5-10,12-13H2,1-4H3,(H2,23,24,26);1H. The minimum Gasteiger partial charge on any atom is -0.443 e. The first-order chi connectivity index (χ1) is 13.1. The molecule has 1 aromatic rings. The molecule has 0 radical (unpaired) electrons. The van der Waals surface area contributed by atoms with Gasteiger partial charge in [0.25, 0.3) is 0 Å². The molecule has 0 amide bonds. The smallest absolute Gasteiger partial charge is 0.401 e. The van der Waals surface area contributed by atoms with Gasteiger partial charge in [-0.1, -0.05) is 20.8 Å². The predicted octanol–water partition coefficient (Wildman–Crippen LogP) is 3.92. The van der Waals surface area contributed by atoms with Crippen LogP contribution in [-0.4, -0.2) is 55.2 Å². The van der Waals surface area contributed by atoms with Crippen molar-refractivity contribution in [3.8, 4) is 0 Å². The Bertz CT molecular complexity index is 635. The lowest BCUT2D eigenvalue weighted by Crippen LogP contribution is -2.41. The molecule has 29 heavy (non-hydrogen) atoms. The normalized spacial score (nSPS) is 17.1. The van der Waals surface area contributed by atoms with Crippen molar-refractivity contribution < 1.29 is 17.6 Å². The van der Waals surface area contributed by atoms with Crippen molar-refractivity contribution in [3.63, 3.8) is 0 Å². The number of nitrogens with zero attached hydrogens (tertiary/aromatic N) is 3. The molecule has 10 heteroatoms. The third-order valence-corrected chi connectivity index (χ3v) is 4.88. The van der Waals surface area contributed by atoms with Gasteiger partial charge in [-0.25, -0.2) is 4.98 Å². The second kappa shape index (κ2) is 11.4. The molecule has 1 aliphatic rings. The molecule has 168 valence electrons. The zero-order valence-electron chi connectivity index (χ0n) is 17.6. The molecule has 0 aliphatic carbocycles. The number of halogens is 4. The Kier molecular flexibility index (Phi) is 10.2. The third-order valence-electron chi connectivity index (χ3n) is 4.88. The van der Waals surface area contributed by atoms with E-state index in [9.17, 15) is 13.2 Å². The number of rotatable bonds is 6. The summed E-state index contributed by atoms with van der Waals surface area (Å²) in [4.78, 5) is 9.96. The lowest BCUT2D eigenvalue weighted by atomic mass is 9.93. The fraction of sp³-hybridized carbons (Fsp3) is 0.789. The van der Waals surface area contributed by atoms with Crippen LogP contribution in [0.25, 0.3) is 0 Å². The summed E-state index contributed by atoms with van der Waals surface area (Å²) < 4.78 is 43.1. The molecule has 0 unspecified atom stereocenters. The van der Waals surface area contributed by atoms with Gasteiger partial charge in [0.2, 0.25) is 5.89 Å². The maximum Gasteiger partial charge on any atom is 0.401 e. The molecule has 1 aliphatic heterocycles. The summed E-state index contributed by atoms with van der Waals surface area (Å²) in [6.07, 6.45) is 0.153. The van der Waals surface area contributed by atoms with Crippen molar-refractivity contribution in [3.05, 3.63) is 17.8 Å². The first kappa shape index (κ1) is 26.0. The van der Waals surface area contributed by atoms with Gasteiger partial charge in [-0.2, -0.15) is 13.2 Å². The second-order valence-corrected chi connectivity index (χ2v) is 8.34. The minimum atomic E-state index is -4.11. The van der Waals surface area contributed by atoms with Crippen molar-refractivity contribution in [2.75, 3.05) is 33.2 Å². The van der Waals surface area contributed by atoms with Gasteiger partial charge in [0.15, 0.2) is 5.96 Å². The van der Waals surface area contributed by atoms with Gasteiger partial charge < -0.3 is 15.1 Å². The Morgan fingerprint density at radius 1 is 1.24 bits per heavy atom. The van der Waals surface area contributed by atoms with Crippen molar-refractivity contribution in [1.29, 1.82) is 0 Å². The summed E-state index contributed by atoms with van der Waals surface area (Å²) in [6.45, 7) is 7.59. The van der Waals surface area contributed by atoms with Crippen LogP contribution in [0.4, 0.5) is 13.2 Å². The highest BCUT2D eigenvalue weighted by atomic mass is 127. The topological polar surface area (TPSA) is 65.7 Å². The van der Waals surface area contributed by atoms with Crippen molar-refractivity contribution in [1.82, 2.24) is 20.5 Å². The number of alkyl halides is 3. The van der Waals surface area contributed by atoms with Gasteiger partial charge in [-0.15, -0.1) is 24.0 Å². The van der Waals surface area contributed by atoms with E-state index < -0.39 is 12.7 Å². The van der Waals surface area contributed by atoms with Crippen LogP contribution in [0.2, 0.25) is 0 Å². The van der Waals surface area contributed by atoms with Crippen LogP contribution in [0, 0.1) is 5.92 Å². The van der Waals surface area contributed by atoms with Crippen LogP contribution in [0.1, 0.15) is 51.7 Å². The van der Waals surface area contributed by atoms with Gasteiger partial charge in [-0.3, -0.25) is 9.89 Å². The minimum absolute atomic E-state index is 0. The predicted molar refractivity (Wildman–Crippen MR) is 119 cm³/mol. The van der Waals surface area contributed by atoms with E-state index in [1.54, 1.807) is 13.2 Å². The summed E-state index contributed by atoms with van der Waals surface area (Å²) in [6, 6.07) is 0. The van der Waals surface area contributed by atoms with Crippen molar-refractivity contribution in [2.45, 2.75) is 58.2 Å². The Balaban J connectivity index is 0.00000420. The van der Waals surface area contributed by atoms with Crippen LogP contribution in [0.3, 0.4) is 0 Å². The summed E-state index contributed by atoms with van der Waals surface area (Å²) in [5.74, 6) is 2.54. The fourth-order valence-corrected chi connectivity index (χ4v) is 3.20. The van der Waals surface area contributed by atoms with Crippen LogP contribution >= 0.6 is 24.0 Å². The summed E-state index contributed by atoms with van der Waals surface area (Å²) in [7, 11) is 1.70. The lowest BCUT2D eigenvalue weighted by molar-refractivity contribution is -0.148. The van der Waals surface area contributed by atoms with Gasteiger partial charge in [0.1, 0.15) is 5.76 Å². The Hall–Kier alpha value is -1.04. The number of likely N-dealkylation sites (tertiary alicyclic amines) is 1. The Morgan fingerprint density at radius 2 is 1.90 bits per heavy atom. The number of piperidine rings is 1. The van der Waals surface area contributed by atoms with Gasteiger partial charge in [0, 0.05) is 19.0 Å². The maximum absolute atomic E-state index is 12.4. The van der Waals surface area contributed by atoms with E-state index in [4.69, 9.17) is 4.42 Å². The average molecular weight is 531 g/mol. The van der Waals surface area contributed by atoms with E-state index in [0.29, 0.717) is 37.4 Å². The third kappa shape index (κ3) is 9.54. The second-order valence-electron chi connectivity index (χ2n) is 8.34. The molecule has 6 nitrogen and oxygen atoms in total. The molecular weight excluding hydrogens is 498 g/mol. The molecule has 0 atom stereocenters. The SMILES string of the molecule is CN=C(NCCC1CCN(CC(F)(F)F)CC1)NCc1ncc(C(C)(C)C)o1.I. The van der Waals surface area contributed by atoms with Crippen molar-refractivity contribution >= 4 is 29.9 Å². The summed E-state index contributed by atoms with van der Waals surface area (Å²) >= 11 is 0. The molecule has 0 bridgehead atoms. The quantitative estimate of drug-likeness (QED) is 0.331. The van der Waals surface area contributed by atoms with Gasteiger partial charge in [-0.05, 0) is 38.3 Å². The number of aliphatic imine (C=N–C) groups is 1. The van der Waals surface area contributed by atoms with E-state index in [0.717, 1.165) is 31.6 Å². The highest BCUT2D eigenvalue weighted by Crippen LogP contribution is 2.24. The van der Waals surface area contributed by atoms with Crippen LogP contribution in [-0.2, 0) is 12.0 Å². The molecule has 0 saturated carbocycles. The highest BCUT2D eigenvalue weighted by molar-refractivity contribution is 14.0. The van der Waals surface area contributed by atoms with E-state index in [1.807, 2.05) is 0 Å². The van der Waals surface area contributed by atoms with E-state index >= 15 is 0 Å². The highest BCUT2D eigenvalue weighted by Gasteiger charge is 2.32. The number of nitrogens with one attached hydrogen (secondary N) is 2. The number of oxazole rings is 1. The Morgan fingerprint density at radius 3 is 2.41 bits per heavy atom. The van der Waals surface area contributed by atoms with Crippen LogP contribution in [0.15, 0.2) is 15.6 Å². The number of hydrogen-bond donors (Lipinski definition) is 2. The van der Waals surface area contributed by atoms with Gasteiger partial charge in [0.05, 0.1) is 19.3 Å². The fourth-order valence-electron chi connectivity index (χ4n) is 3.20. The molecule has 1 fully saturated rings. The lowest BCUT2D eigenvalue weighted by Gasteiger charge is -2.32. The number of aromatic nitrogens is 1. The summed E-state index contributed by atoms with van der Waals surface area (Å²) in [5.41, 5.74) is -0.0825. The van der Waals surface area contributed by atoms with E-state index in [2.05, 4.69) is 41.4 Å². The first-order valence-corrected chi connectivity index (χ1v) is 9.75. The number of guanidine groups is 1. The molecular formula is C19H33F3IN5O. The zero-order chi connectivity index (χ0) is 20.8. The Labute approximate surface area is 188 Å². The monoisotopic (exact) mass is 531 g/mol. The molecule has 2 heterocycles. The average Bonchev–Trinajstić information content (AvgIpc) is 3.07. The van der Waals surface area contributed by atoms with Gasteiger partial charge >= 0.3 is 6.18 Å². The number of hydrogen-bond acceptors (Lipinski definition) is 4. The molecule has 0 aromatic carbocycles. The molecule has 1 aromatic heterocycles. The van der Waals surface area contributed by atoms with E-state index in [-0.39, 0.29) is 29.4 Å². The van der Waals surface area contributed by atoms with E-state index in [1.165, 1.54) is 4.90 Å². The molecule has 1 saturated heterocycles. The molecule has 0 spiro atoms. The van der Waals surface area contributed by atoms with Crippen molar-refractivity contribution in [2.24, 2.45) is 10.9 Å². The zero-order valence-corrected chi connectivity index (χ0v) is 19.9. The van der Waals surface area contributed by atoms with Crippen LogP contribution in [0.5, 0.6) is 0 Å². The molecule has 2 rings (SSSR count). The van der Waals surface area contributed by atoms with Crippen LogP contribution < -0.4 is 10.6 Å². The molecule has 2 N–H and O–H groups in total. The maximum atomic E-state index is 12.4. The first-order valence-electron chi connectivity index (χ1n) is 9.75. The summed E-state index contributed by atoms with van der Waals surface area (Å²) in [5, 5.41) is 6.42.